The zero-order valence-electron chi connectivity index (χ0n) is 15.3. The lowest BCUT2D eigenvalue weighted by molar-refractivity contribution is -0.124. The molecule has 0 unspecified atom stereocenters. The molecule has 0 radical (unpaired) electrons. The van der Waals surface area contributed by atoms with Crippen molar-refractivity contribution in [2.75, 3.05) is 24.3 Å². The van der Waals surface area contributed by atoms with Gasteiger partial charge in [0.2, 0.25) is 11.8 Å². The maximum Gasteiger partial charge on any atom is 0.240 e. The van der Waals surface area contributed by atoms with Crippen molar-refractivity contribution < 1.29 is 9.59 Å². The van der Waals surface area contributed by atoms with Crippen molar-refractivity contribution in [1.29, 1.82) is 0 Å². The minimum Gasteiger partial charge on any atom is -0.378 e. The first kappa shape index (κ1) is 19.2. The van der Waals surface area contributed by atoms with E-state index in [1.807, 2.05) is 74.4 Å². The van der Waals surface area contributed by atoms with Gasteiger partial charge < -0.3 is 10.2 Å². The number of hydrogen-bond acceptors (Lipinski definition) is 4. The Morgan fingerprint density at radius 1 is 1.04 bits per heavy atom. The number of hydrazone groups is 1. The highest BCUT2D eigenvalue weighted by atomic mass is 16.2. The number of carbonyl (C=O) groups excluding carboxylic acids is 2. The van der Waals surface area contributed by atoms with Crippen molar-refractivity contribution in [1.82, 2.24) is 5.43 Å². The van der Waals surface area contributed by atoms with Crippen LogP contribution in [0.25, 0.3) is 0 Å². The van der Waals surface area contributed by atoms with Crippen molar-refractivity contribution in [2.24, 2.45) is 5.10 Å². The third-order valence-electron chi connectivity index (χ3n) is 3.69. The molecule has 0 aliphatic rings. The molecular formula is C20H24N4O2. The molecule has 6 heteroatoms. The molecular weight excluding hydrogens is 328 g/mol. The molecule has 0 bridgehead atoms. The van der Waals surface area contributed by atoms with Gasteiger partial charge in [-0.3, -0.25) is 9.59 Å². The Morgan fingerprint density at radius 3 is 2.38 bits per heavy atom. The molecule has 0 aliphatic carbocycles. The average molecular weight is 352 g/mol. The van der Waals surface area contributed by atoms with E-state index >= 15 is 0 Å². The zero-order chi connectivity index (χ0) is 18.9. The van der Waals surface area contributed by atoms with Crippen LogP contribution in [0, 0.1) is 6.92 Å². The Labute approximate surface area is 153 Å². The van der Waals surface area contributed by atoms with Crippen LogP contribution in [-0.2, 0) is 9.59 Å². The molecule has 6 nitrogen and oxygen atoms in total. The first-order chi connectivity index (χ1) is 12.4. The van der Waals surface area contributed by atoms with Gasteiger partial charge in [-0.15, -0.1) is 0 Å². The first-order valence-corrected chi connectivity index (χ1v) is 8.40. The lowest BCUT2D eigenvalue weighted by Crippen LogP contribution is -2.20. The fourth-order valence-electron chi connectivity index (χ4n) is 2.27. The topological polar surface area (TPSA) is 73.8 Å². The minimum atomic E-state index is -0.300. The number of nitrogens with zero attached hydrogens (tertiary/aromatic N) is 2. The second kappa shape index (κ2) is 9.36. The van der Waals surface area contributed by atoms with Crippen LogP contribution < -0.4 is 15.6 Å². The van der Waals surface area contributed by atoms with Crippen molar-refractivity contribution in [3.8, 4) is 0 Å². The summed E-state index contributed by atoms with van der Waals surface area (Å²) in [7, 11) is 3.94. The summed E-state index contributed by atoms with van der Waals surface area (Å²) >= 11 is 0. The van der Waals surface area contributed by atoms with Crippen LogP contribution in [0.3, 0.4) is 0 Å². The Balaban J connectivity index is 1.73. The molecule has 0 heterocycles. The Bertz CT molecular complexity index is 783. The highest BCUT2D eigenvalue weighted by molar-refractivity contribution is 5.93. The lowest BCUT2D eigenvalue weighted by Gasteiger charge is -2.11. The number of nitrogens with one attached hydrogen (secondary N) is 2. The van der Waals surface area contributed by atoms with Crippen molar-refractivity contribution in [3.05, 3.63) is 59.7 Å². The molecule has 0 fully saturated rings. The molecule has 2 aromatic rings. The molecule has 0 saturated heterocycles. The third-order valence-corrected chi connectivity index (χ3v) is 3.69. The first-order valence-electron chi connectivity index (χ1n) is 8.40. The Hall–Kier alpha value is -3.15. The van der Waals surface area contributed by atoms with Crippen molar-refractivity contribution in [3.63, 3.8) is 0 Å². The number of amides is 2. The van der Waals surface area contributed by atoms with Crippen molar-refractivity contribution in [2.45, 2.75) is 19.8 Å². The molecule has 136 valence electrons. The molecule has 0 aromatic heterocycles. The quantitative estimate of drug-likeness (QED) is 0.594. The van der Waals surface area contributed by atoms with Crippen LogP contribution in [0.2, 0.25) is 0 Å². The van der Waals surface area contributed by atoms with Gasteiger partial charge in [0.05, 0.1) is 6.21 Å². The normalized spacial score (nSPS) is 10.6. The lowest BCUT2D eigenvalue weighted by atomic mass is 10.2. The largest absolute Gasteiger partial charge is 0.378 e. The fourth-order valence-corrected chi connectivity index (χ4v) is 2.27. The molecule has 0 aliphatic heterocycles. The van der Waals surface area contributed by atoms with E-state index in [0.29, 0.717) is 0 Å². The van der Waals surface area contributed by atoms with Crippen molar-refractivity contribution >= 4 is 29.4 Å². The Kier molecular flexibility index (Phi) is 6.91. The molecule has 2 amide bonds. The van der Waals surface area contributed by atoms with Gasteiger partial charge in [0, 0.05) is 38.3 Å². The van der Waals surface area contributed by atoms with Crippen LogP contribution in [0.4, 0.5) is 11.4 Å². The summed E-state index contributed by atoms with van der Waals surface area (Å²) in [6.45, 7) is 1.95. The van der Waals surface area contributed by atoms with E-state index in [4.69, 9.17) is 0 Å². The number of hydrogen-bond donors (Lipinski definition) is 2. The number of anilines is 2. The molecule has 0 spiro atoms. The van der Waals surface area contributed by atoms with Gasteiger partial charge in [-0.25, -0.2) is 5.43 Å². The number of rotatable bonds is 7. The Morgan fingerprint density at radius 2 is 1.73 bits per heavy atom. The smallest absolute Gasteiger partial charge is 0.240 e. The summed E-state index contributed by atoms with van der Waals surface area (Å²) < 4.78 is 0. The summed E-state index contributed by atoms with van der Waals surface area (Å²) in [5, 5.41) is 6.69. The summed E-state index contributed by atoms with van der Waals surface area (Å²) in [6.07, 6.45) is 1.76. The molecule has 0 atom stereocenters. The van der Waals surface area contributed by atoms with E-state index in [0.717, 1.165) is 22.5 Å². The van der Waals surface area contributed by atoms with Gasteiger partial charge in [-0.05, 0) is 42.3 Å². The van der Waals surface area contributed by atoms with Gasteiger partial charge in [0.15, 0.2) is 0 Å². The zero-order valence-corrected chi connectivity index (χ0v) is 15.3. The highest BCUT2D eigenvalue weighted by Crippen LogP contribution is 2.11. The molecule has 0 saturated carbocycles. The molecule has 26 heavy (non-hydrogen) atoms. The number of benzene rings is 2. The van der Waals surface area contributed by atoms with E-state index in [1.54, 1.807) is 6.21 Å². The van der Waals surface area contributed by atoms with Crippen LogP contribution in [-0.4, -0.2) is 32.1 Å². The standard InChI is InChI=1S/C20H24N4O2/c1-15-5-4-6-17(13-15)22-19(25)11-12-20(26)23-21-14-16-7-9-18(10-8-16)24(2)3/h4-10,13-14H,11-12H2,1-3H3,(H,22,25)(H,23,26)/b21-14+. The van der Waals surface area contributed by atoms with Crippen LogP contribution >= 0.6 is 0 Å². The summed E-state index contributed by atoms with van der Waals surface area (Å²) in [5.74, 6) is -0.500. The molecule has 2 aromatic carbocycles. The average Bonchev–Trinajstić information content (AvgIpc) is 2.60. The monoisotopic (exact) mass is 352 g/mol. The van der Waals surface area contributed by atoms with E-state index in [1.165, 1.54) is 0 Å². The second-order valence-electron chi connectivity index (χ2n) is 6.20. The predicted molar refractivity (Wildman–Crippen MR) is 106 cm³/mol. The SMILES string of the molecule is Cc1cccc(NC(=O)CCC(=O)N/N=C/c2ccc(N(C)C)cc2)c1. The van der Waals surface area contributed by atoms with E-state index in [-0.39, 0.29) is 24.7 Å². The predicted octanol–water partition coefficient (Wildman–Crippen LogP) is 2.93. The van der Waals surface area contributed by atoms with Gasteiger partial charge in [0.1, 0.15) is 0 Å². The number of carbonyl (C=O) groups is 2. The van der Waals surface area contributed by atoms with Crippen LogP contribution in [0.15, 0.2) is 53.6 Å². The van der Waals surface area contributed by atoms with Gasteiger partial charge in [-0.2, -0.15) is 5.10 Å². The molecule has 2 N–H and O–H groups in total. The number of aryl methyl sites for hydroxylation is 1. The van der Waals surface area contributed by atoms with Gasteiger partial charge >= 0.3 is 0 Å². The maximum absolute atomic E-state index is 11.9. The van der Waals surface area contributed by atoms with Gasteiger partial charge in [-0.1, -0.05) is 24.3 Å². The third kappa shape index (κ3) is 6.39. The van der Waals surface area contributed by atoms with Crippen LogP contribution in [0.1, 0.15) is 24.0 Å². The molecule has 2 rings (SSSR count). The second-order valence-corrected chi connectivity index (χ2v) is 6.20. The van der Waals surface area contributed by atoms with E-state index < -0.39 is 0 Å². The highest BCUT2D eigenvalue weighted by Gasteiger charge is 2.06. The minimum absolute atomic E-state index is 0.0779. The van der Waals surface area contributed by atoms with E-state index in [2.05, 4.69) is 15.8 Å². The fraction of sp³-hybridized carbons (Fsp3) is 0.250. The summed E-state index contributed by atoms with van der Waals surface area (Å²) in [5.41, 5.74) is 6.20. The maximum atomic E-state index is 11.9. The summed E-state index contributed by atoms with van der Waals surface area (Å²) in [6, 6.07) is 15.3. The van der Waals surface area contributed by atoms with Crippen LogP contribution in [0.5, 0.6) is 0 Å². The summed E-state index contributed by atoms with van der Waals surface area (Å²) in [4.78, 5) is 25.7. The van der Waals surface area contributed by atoms with Gasteiger partial charge in [0.25, 0.3) is 0 Å². The van der Waals surface area contributed by atoms with E-state index in [9.17, 15) is 9.59 Å².